The molecule has 1 aromatic rings. The zero-order chi connectivity index (χ0) is 13.8. The highest BCUT2D eigenvalue weighted by Crippen LogP contribution is 2.29. The highest BCUT2D eigenvalue weighted by Gasteiger charge is 2.30. The van der Waals surface area contributed by atoms with Crippen LogP contribution in [0.5, 0.6) is 0 Å². The van der Waals surface area contributed by atoms with Crippen molar-refractivity contribution in [3.63, 3.8) is 0 Å². The topological polar surface area (TPSA) is 70.6 Å². The Labute approximate surface area is 102 Å². The van der Waals surface area contributed by atoms with Gasteiger partial charge < -0.3 is 16.3 Å². The minimum absolute atomic E-state index is 0.0259. The molecule has 7 heteroatoms. The van der Waals surface area contributed by atoms with Crippen LogP contribution in [0.25, 0.3) is 0 Å². The molecule has 0 heterocycles. The lowest BCUT2D eigenvalue weighted by atomic mass is 10.1. The second-order valence-electron chi connectivity index (χ2n) is 3.83. The first-order valence-electron chi connectivity index (χ1n) is 5.21. The molecule has 0 aliphatic carbocycles. The molecule has 0 aliphatic rings. The number of oxime groups is 1. The molecule has 1 aromatic carbocycles. The number of nitrogens with one attached hydrogen (secondary N) is 1. The summed E-state index contributed by atoms with van der Waals surface area (Å²) in [5, 5.41) is 14.1. The Morgan fingerprint density at radius 2 is 2.17 bits per heavy atom. The van der Waals surface area contributed by atoms with E-state index in [4.69, 9.17) is 10.9 Å². The van der Waals surface area contributed by atoms with E-state index in [0.717, 1.165) is 12.1 Å². The highest BCUT2D eigenvalue weighted by molar-refractivity contribution is 5.84. The van der Waals surface area contributed by atoms with Crippen molar-refractivity contribution in [3.05, 3.63) is 35.4 Å². The van der Waals surface area contributed by atoms with Crippen molar-refractivity contribution < 1.29 is 18.4 Å². The normalized spacial score (nSPS) is 14.6. The zero-order valence-electron chi connectivity index (χ0n) is 9.70. The van der Waals surface area contributed by atoms with Gasteiger partial charge in [-0.05, 0) is 18.6 Å². The molecule has 0 spiro atoms. The summed E-state index contributed by atoms with van der Waals surface area (Å²) in [6.07, 6.45) is -4.35. The van der Waals surface area contributed by atoms with Gasteiger partial charge in [0.15, 0.2) is 5.84 Å². The quantitative estimate of drug-likeness (QED) is 0.336. The standard InChI is InChI=1S/C11H14F3N3O/c1-7(10(15)17-18)16-6-8-3-2-4-9(5-8)11(12,13)14/h2-5,7,16,18H,6H2,1H3,(H2,15,17). The van der Waals surface area contributed by atoms with Crippen molar-refractivity contribution in [2.75, 3.05) is 0 Å². The molecule has 1 rings (SSSR count). The Morgan fingerprint density at radius 1 is 1.50 bits per heavy atom. The van der Waals surface area contributed by atoms with Gasteiger partial charge in [-0.15, -0.1) is 0 Å². The van der Waals surface area contributed by atoms with Crippen molar-refractivity contribution >= 4 is 5.84 Å². The summed E-state index contributed by atoms with van der Waals surface area (Å²) >= 11 is 0. The van der Waals surface area contributed by atoms with Crippen LogP contribution in [0.3, 0.4) is 0 Å². The average Bonchev–Trinajstić information content (AvgIpc) is 2.34. The number of halogens is 3. The third kappa shape index (κ3) is 3.92. The molecule has 0 bridgehead atoms. The third-order valence-corrected chi connectivity index (χ3v) is 2.43. The summed E-state index contributed by atoms with van der Waals surface area (Å²) < 4.78 is 37.4. The summed E-state index contributed by atoms with van der Waals surface area (Å²) in [4.78, 5) is 0. The molecule has 1 atom stereocenters. The van der Waals surface area contributed by atoms with Crippen molar-refractivity contribution in [3.8, 4) is 0 Å². The summed E-state index contributed by atoms with van der Waals surface area (Å²) in [5.74, 6) is -0.0259. The lowest BCUT2D eigenvalue weighted by Gasteiger charge is -2.13. The predicted octanol–water partition coefficient (Wildman–Crippen LogP) is 1.93. The number of hydrogen-bond acceptors (Lipinski definition) is 3. The number of amidine groups is 1. The fraction of sp³-hybridized carbons (Fsp3) is 0.364. The smallest absolute Gasteiger partial charge is 0.409 e. The van der Waals surface area contributed by atoms with Crippen molar-refractivity contribution in [2.45, 2.75) is 25.7 Å². The molecular formula is C11H14F3N3O. The van der Waals surface area contributed by atoms with E-state index in [0.29, 0.717) is 5.56 Å². The highest BCUT2D eigenvalue weighted by atomic mass is 19.4. The van der Waals surface area contributed by atoms with Gasteiger partial charge in [0.05, 0.1) is 11.6 Å². The Morgan fingerprint density at radius 3 is 2.72 bits per heavy atom. The van der Waals surface area contributed by atoms with Gasteiger partial charge >= 0.3 is 6.18 Å². The molecular weight excluding hydrogens is 247 g/mol. The summed E-state index contributed by atoms with van der Waals surface area (Å²) in [6, 6.07) is 4.56. The molecule has 4 N–H and O–H groups in total. The zero-order valence-corrected chi connectivity index (χ0v) is 9.70. The number of benzene rings is 1. The van der Waals surface area contributed by atoms with Crippen LogP contribution in [-0.4, -0.2) is 17.1 Å². The molecule has 0 radical (unpaired) electrons. The molecule has 0 aliphatic heterocycles. The van der Waals surface area contributed by atoms with E-state index in [1.807, 2.05) is 0 Å². The number of rotatable bonds is 4. The van der Waals surface area contributed by atoms with Gasteiger partial charge in [-0.2, -0.15) is 13.2 Å². The van der Waals surface area contributed by atoms with Gasteiger partial charge in [-0.25, -0.2) is 0 Å². The molecule has 4 nitrogen and oxygen atoms in total. The van der Waals surface area contributed by atoms with Crippen LogP contribution in [0.2, 0.25) is 0 Å². The number of nitrogens with zero attached hydrogens (tertiary/aromatic N) is 1. The van der Waals surface area contributed by atoms with E-state index in [9.17, 15) is 13.2 Å². The van der Waals surface area contributed by atoms with Crippen LogP contribution in [0.1, 0.15) is 18.1 Å². The first-order valence-corrected chi connectivity index (χ1v) is 5.21. The maximum absolute atomic E-state index is 12.5. The molecule has 0 saturated heterocycles. The largest absolute Gasteiger partial charge is 0.416 e. The average molecular weight is 261 g/mol. The van der Waals surface area contributed by atoms with Crippen LogP contribution >= 0.6 is 0 Å². The molecule has 0 saturated carbocycles. The van der Waals surface area contributed by atoms with E-state index in [2.05, 4.69) is 10.5 Å². The Hall–Kier alpha value is -1.76. The second-order valence-corrected chi connectivity index (χ2v) is 3.83. The predicted molar refractivity (Wildman–Crippen MR) is 61.2 cm³/mol. The van der Waals surface area contributed by atoms with Gasteiger partial charge in [-0.1, -0.05) is 23.4 Å². The van der Waals surface area contributed by atoms with Crippen molar-refractivity contribution in [1.29, 1.82) is 0 Å². The van der Waals surface area contributed by atoms with E-state index in [1.54, 1.807) is 13.0 Å². The third-order valence-electron chi connectivity index (χ3n) is 2.43. The first-order chi connectivity index (χ1) is 8.34. The van der Waals surface area contributed by atoms with E-state index in [-0.39, 0.29) is 12.4 Å². The molecule has 0 aromatic heterocycles. The SMILES string of the molecule is CC(NCc1cccc(C(F)(F)F)c1)C(N)=NO. The summed E-state index contributed by atoms with van der Waals surface area (Å²) in [5.41, 5.74) is 5.12. The molecule has 1 unspecified atom stereocenters. The van der Waals surface area contributed by atoms with Gasteiger partial charge in [0.2, 0.25) is 0 Å². The van der Waals surface area contributed by atoms with Gasteiger partial charge in [0.1, 0.15) is 0 Å². The Balaban J connectivity index is 2.69. The van der Waals surface area contributed by atoms with Gasteiger partial charge in [-0.3, -0.25) is 0 Å². The Bertz CT molecular complexity index is 432. The van der Waals surface area contributed by atoms with Crippen LogP contribution in [-0.2, 0) is 12.7 Å². The molecule has 100 valence electrons. The fourth-order valence-electron chi connectivity index (χ4n) is 1.32. The van der Waals surface area contributed by atoms with Crippen LogP contribution in [0.15, 0.2) is 29.4 Å². The van der Waals surface area contributed by atoms with Crippen molar-refractivity contribution in [2.24, 2.45) is 10.9 Å². The lowest BCUT2D eigenvalue weighted by molar-refractivity contribution is -0.137. The van der Waals surface area contributed by atoms with E-state index >= 15 is 0 Å². The number of nitrogens with two attached hydrogens (primary N) is 1. The van der Waals surface area contributed by atoms with Crippen molar-refractivity contribution in [1.82, 2.24) is 5.32 Å². The monoisotopic (exact) mass is 261 g/mol. The van der Waals surface area contributed by atoms with Crippen LogP contribution < -0.4 is 11.1 Å². The minimum atomic E-state index is -4.35. The second kappa shape index (κ2) is 5.72. The first kappa shape index (κ1) is 14.3. The fourth-order valence-corrected chi connectivity index (χ4v) is 1.32. The molecule has 0 fully saturated rings. The number of alkyl halides is 3. The lowest BCUT2D eigenvalue weighted by Crippen LogP contribution is -2.38. The van der Waals surface area contributed by atoms with Gasteiger partial charge in [0.25, 0.3) is 0 Å². The maximum atomic E-state index is 12.5. The van der Waals surface area contributed by atoms with E-state index in [1.165, 1.54) is 6.07 Å². The van der Waals surface area contributed by atoms with Gasteiger partial charge in [0, 0.05) is 6.54 Å². The maximum Gasteiger partial charge on any atom is 0.416 e. The van der Waals surface area contributed by atoms with Crippen LogP contribution in [0.4, 0.5) is 13.2 Å². The summed E-state index contributed by atoms with van der Waals surface area (Å²) in [6.45, 7) is 1.84. The summed E-state index contributed by atoms with van der Waals surface area (Å²) in [7, 11) is 0. The van der Waals surface area contributed by atoms with Crippen LogP contribution in [0, 0.1) is 0 Å². The minimum Gasteiger partial charge on any atom is -0.409 e. The Kier molecular flexibility index (Phi) is 4.55. The molecule has 0 amide bonds. The molecule has 18 heavy (non-hydrogen) atoms. The van der Waals surface area contributed by atoms with E-state index < -0.39 is 17.8 Å². The number of hydrogen-bond donors (Lipinski definition) is 3.